The number of hydrogen-bond acceptors (Lipinski definition) is 3. The van der Waals surface area contributed by atoms with Crippen LogP contribution in [0.15, 0.2) is 12.4 Å². The smallest absolute Gasteiger partial charge is 0.418 e. The predicted octanol–water partition coefficient (Wildman–Crippen LogP) is 0.196. The topological polar surface area (TPSA) is 46.2 Å². The lowest BCUT2D eigenvalue weighted by Crippen LogP contribution is -2.38. The normalized spacial score (nSPS) is 10.2. The molecule has 1 heterocycles. The summed E-state index contributed by atoms with van der Waals surface area (Å²) in [6, 6.07) is 0.686. The maximum atomic E-state index is 9.75. The van der Waals surface area contributed by atoms with Gasteiger partial charge >= 0.3 is 13.3 Å². The number of aromatic nitrogens is 3. The summed E-state index contributed by atoms with van der Waals surface area (Å²) < 4.78 is 40.8. The van der Waals surface area contributed by atoms with Gasteiger partial charge in [-0.2, -0.15) is 0 Å². The van der Waals surface area contributed by atoms with Crippen molar-refractivity contribution in [2.45, 2.75) is 0 Å². The summed E-state index contributed by atoms with van der Waals surface area (Å²) in [7, 11) is 1.58. The van der Waals surface area contributed by atoms with E-state index < -0.39 is 7.25 Å². The van der Waals surface area contributed by atoms with Gasteiger partial charge in [-0.1, -0.05) is 4.85 Å². The van der Waals surface area contributed by atoms with Crippen LogP contribution in [0.3, 0.4) is 0 Å². The molecule has 1 aromatic heterocycles. The zero-order valence-electron chi connectivity index (χ0n) is 10.4. The van der Waals surface area contributed by atoms with Gasteiger partial charge in [-0.25, -0.2) is 9.48 Å². The molecule has 1 aromatic rings. The number of amidine groups is 1. The molecule has 0 radical (unpaired) electrons. The van der Waals surface area contributed by atoms with E-state index in [9.17, 15) is 17.3 Å². The Morgan fingerprint density at radius 2 is 1.78 bits per heavy atom. The molecular weight excluding hydrogens is 257 g/mol. The lowest BCUT2D eigenvalue weighted by Gasteiger charge is -2.09. The first-order valence-electron chi connectivity index (χ1n) is 4.75. The molecule has 0 atom stereocenters. The highest BCUT2D eigenvalue weighted by Gasteiger charge is 2.20. The van der Waals surface area contributed by atoms with Gasteiger partial charge in [0.15, 0.2) is 0 Å². The van der Waals surface area contributed by atoms with Crippen LogP contribution in [0.2, 0.25) is 0 Å². The van der Waals surface area contributed by atoms with Crippen molar-refractivity contribution in [2.24, 2.45) is 0 Å². The fraction of sp³-hybridized carbons (Fsp3) is 0.571. The maximum Gasteiger partial charge on any atom is 0.673 e. The number of hydrogen-bond donors (Lipinski definition) is 0. The first-order chi connectivity index (χ1) is 8.11. The fourth-order valence-corrected chi connectivity index (χ4v) is 0.893. The number of rotatable bonds is 1. The molecule has 0 aliphatic heterocycles. The van der Waals surface area contributed by atoms with Gasteiger partial charge in [0.2, 0.25) is 0 Å². The Morgan fingerprint density at radius 3 is 2.06 bits per heavy atom. The Balaban J connectivity index is 0.000000494. The van der Waals surface area contributed by atoms with Gasteiger partial charge in [0.05, 0.1) is 40.6 Å². The van der Waals surface area contributed by atoms with Crippen LogP contribution in [0, 0.1) is 0 Å². The zero-order valence-corrected chi connectivity index (χ0v) is 10.4. The van der Waals surface area contributed by atoms with Crippen molar-refractivity contribution in [3.63, 3.8) is 0 Å². The highest BCUT2D eigenvalue weighted by Crippen LogP contribution is 2.06. The van der Waals surface area contributed by atoms with Crippen LogP contribution in [0.4, 0.5) is 17.3 Å². The van der Waals surface area contributed by atoms with E-state index in [1.165, 1.54) is 4.85 Å². The summed E-state index contributed by atoms with van der Waals surface area (Å²) in [6.07, 6.45) is 3.19. The molecule has 0 saturated carbocycles. The van der Waals surface area contributed by atoms with E-state index in [-0.39, 0.29) is 0 Å². The van der Waals surface area contributed by atoms with Crippen molar-refractivity contribution in [1.82, 2.24) is 20.1 Å². The summed E-state index contributed by atoms with van der Waals surface area (Å²) >= 11 is 0. The second-order valence-corrected chi connectivity index (χ2v) is 3.46. The van der Waals surface area contributed by atoms with E-state index in [2.05, 4.69) is 10.3 Å². The van der Waals surface area contributed by atoms with Crippen molar-refractivity contribution in [3.8, 4) is 0 Å². The lowest BCUT2D eigenvalue weighted by molar-refractivity contribution is -0.480. The molecule has 11 heteroatoms. The average molecular weight is 271 g/mol. The molecule has 0 saturated heterocycles. The first-order valence-corrected chi connectivity index (χ1v) is 4.75. The van der Waals surface area contributed by atoms with Crippen molar-refractivity contribution in [1.29, 1.82) is 0 Å². The van der Waals surface area contributed by atoms with Gasteiger partial charge in [0.1, 0.15) is 0 Å². The second-order valence-electron chi connectivity index (χ2n) is 3.46. The Bertz CT molecular complexity index is 368. The molecule has 104 valence electrons. The molecule has 1 rings (SSSR count). The Hall–Kier alpha value is -1.81. The van der Waals surface area contributed by atoms with Crippen molar-refractivity contribution >= 4 is 13.3 Å². The SMILES string of the molecule is CN(C)C(On1ccnn1)=[N+](C)C.F[B-](F)(F)F. The van der Waals surface area contributed by atoms with Crippen LogP contribution in [-0.4, -0.2) is 66.1 Å². The van der Waals surface area contributed by atoms with E-state index in [1.807, 2.05) is 37.7 Å². The largest absolute Gasteiger partial charge is 0.673 e. The van der Waals surface area contributed by atoms with E-state index in [0.717, 1.165) is 0 Å². The van der Waals surface area contributed by atoms with Crippen molar-refractivity contribution in [2.75, 3.05) is 28.2 Å². The quantitative estimate of drug-likeness (QED) is 0.240. The second kappa shape index (κ2) is 6.82. The molecule has 6 nitrogen and oxygen atoms in total. The van der Waals surface area contributed by atoms with Gasteiger partial charge in [-0.05, 0) is 5.21 Å². The number of nitrogens with zero attached hydrogens (tertiary/aromatic N) is 5. The zero-order chi connectivity index (χ0) is 14.3. The monoisotopic (exact) mass is 271 g/mol. The average Bonchev–Trinajstić information content (AvgIpc) is 2.62. The maximum absolute atomic E-state index is 9.75. The summed E-state index contributed by atoms with van der Waals surface area (Å²) in [5.41, 5.74) is 0. The van der Waals surface area contributed by atoms with Crippen molar-refractivity contribution in [3.05, 3.63) is 12.4 Å². The number of halogens is 4. The van der Waals surface area contributed by atoms with Gasteiger partial charge in [-0.15, -0.1) is 5.10 Å². The van der Waals surface area contributed by atoms with Gasteiger partial charge in [0, 0.05) is 0 Å². The van der Waals surface area contributed by atoms with E-state index >= 15 is 0 Å². The summed E-state index contributed by atoms with van der Waals surface area (Å²) in [5.74, 6) is 0. The van der Waals surface area contributed by atoms with E-state index in [0.29, 0.717) is 6.02 Å². The Labute approximate surface area is 102 Å². The fourth-order valence-electron chi connectivity index (χ4n) is 0.893. The van der Waals surface area contributed by atoms with Gasteiger partial charge in [0.25, 0.3) is 0 Å². The van der Waals surface area contributed by atoms with Crippen LogP contribution < -0.4 is 4.84 Å². The Morgan fingerprint density at radius 1 is 1.28 bits per heavy atom. The third-order valence-corrected chi connectivity index (χ3v) is 1.34. The molecule has 0 aliphatic carbocycles. The Kier molecular flexibility index (Phi) is 6.13. The molecule has 0 unspecified atom stereocenters. The minimum absolute atomic E-state index is 0.686. The molecule has 18 heavy (non-hydrogen) atoms. The van der Waals surface area contributed by atoms with Crippen molar-refractivity contribution < 1.29 is 26.7 Å². The first kappa shape index (κ1) is 16.2. The molecule has 0 amide bonds. The standard InChI is InChI=1S/C7H14N5O.BF4/c1-10(2)7(11(3)4)13-12-6-5-8-9-12;2-1(3,4)5/h5-6H,1-4H3;/q+1;-1. The summed E-state index contributed by atoms with van der Waals surface area (Å²) in [5, 5.41) is 7.32. The molecule has 0 aliphatic rings. The van der Waals surface area contributed by atoms with Crippen LogP contribution >= 0.6 is 0 Å². The highest BCUT2D eigenvalue weighted by molar-refractivity contribution is 6.50. The molecular formula is C7H14BF4N5O. The van der Waals surface area contributed by atoms with Crippen LogP contribution in [0.1, 0.15) is 0 Å². The van der Waals surface area contributed by atoms with Gasteiger partial charge in [-0.3, -0.25) is 4.84 Å². The molecule has 0 N–H and O–H groups in total. The van der Waals surface area contributed by atoms with E-state index in [4.69, 9.17) is 4.84 Å². The molecule has 0 spiro atoms. The van der Waals surface area contributed by atoms with Crippen LogP contribution in [0.5, 0.6) is 0 Å². The highest BCUT2D eigenvalue weighted by atomic mass is 19.5. The minimum atomic E-state index is -6.00. The van der Waals surface area contributed by atoms with Gasteiger partial charge < -0.3 is 17.3 Å². The lowest BCUT2D eigenvalue weighted by atomic mass is 10.3. The summed E-state index contributed by atoms with van der Waals surface area (Å²) in [6.45, 7) is 0. The third kappa shape index (κ3) is 8.36. The molecule has 0 fully saturated rings. The van der Waals surface area contributed by atoms with Crippen LogP contribution in [-0.2, 0) is 0 Å². The summed E-state index contributed by atoms with van der Waals surface area (Å²) in [4.78, 5) is 8.54. The predicted molar refractivity (Wildman–Crippen MR) is 57.6 cm³/mol. The molecule has 0 aromatic carbocycles. The molecule has 0 bridgehead atoms. The van der Waals surface area contributed by atoms with E-state index in [1.54, 1.807) is 12.4 Å². The van der Waals surface area contributed by atoms with Crippen LogP contribution in [0.25, 0.3) is 0 Å². The minimum Gasteiger partial charge on any atom is -0.418 e. The third-order valence-electron chi connectivity index (χ3n) is 1.34.